The topological polar surface area (TPSA) is 162 Å². The predicted molar refractivity (Wildman–Crippen MR) is 121 cm³/mol. The first-order valence-electron chi connectivity index (χ1n) is 11.3. The maximum atomic E-state index is 12.6. The number of unbranched alkanes of at least 4 members (excludes halogenated alkanes) is 1. The molecule has 33 heavy (non-hydrogen) atoms. The number of carboxylic acid groups (broad SMARTS) is 1. The predicted octanol–water partition coefficient (Wildman–Crippen LogP) is 2.99. The molecule has 2 rings (SSSR count). The molecule has 0 saturated heterocycles. The summed E-state index contributed by atoms with van der Waals surface area (Å²) < 4.78 is 15.3. The smallest absolute Gasteiger partial charge is 0.481 e. The van der Waals surface area contributed by atoms with E-state index in [1.165, 1.54) is 56.4 Å². The Hall–Kier alpha value is -2.42. The van der Waals surface area contributed by atoms with E-state index >= 15 is 0 Å². The molecule has 1 aromatic rings. The van der Waals surface area contributed by atoms with Crippen LogP contribution in [0.2, 0.25) is 0 Å². The van der Waals surface area contributed by atoms with Gasteiger partial charge in [-0.2, -0.15) is 0 Å². The number of amides is 2. The van der Waals surface area contributed by atoms with Crippen LogP contribution in [0.15, 0.2) is 24.3 Å². The molecule has 1 aliphatic carbocycles. The van der Waals surface area contributed by atoms with Crippen molar-refractivity contribution in [1.29, 1.82) is 0 Å². The number of rotatable bonds is 13. The van der Waals surface area contributed by atoms with Crippen molar-refractivity contribution in [1.82, 2.24) is 10.6 Å². The number of carbonyl (C=O) groups is 3. The molecule has 0 unspecified atom stereocenters. The van der Waals surface area contributed by atoms with Gasteiger partial charge in [-0.3, -0.25) is 24.2 Å². The lowest BCUT2D eigenvalue weighted by molar-refractivity contribution is -0.137. The summed E-state index contributed by atoms with van der Waals surface area (Å²) in [5, 5.41) is 14.3. The number of hydrogen-bond donors (Lipinski definition) is 5. The zero-order valence-corrected chi connectivity index (χ0v) is 19.5. The van der Waals surface area contributed by atoms with Crippen LogP contribution in [0.3, 0.4) is 0 Å². The molecule has 1 aliphatic rings. The van der Waals surface area contributed by atoms with Gasteiger partial charge in [0.1, 0.15) is 11.8 Å². The lowest BCUT2D eigenvalue weighted by Gasteiger charge is -2.21. The van der Waals surface area contributed by atoms with Crippen molar-refractivity contribution in [2.75, 3.05) is 6.54 Å². The van der Waals surface area contributed by atoms with E-state index in [-0.39, 0.29) is 24.2 Å². The first-order chi connectivity index (χ1) is 15.6. The summed E-state index contributed by atoms with van der Waals surface area (Å²) in [6.45, 7) is 0.458. The van der Waals surface area contributed by atoms with Gasteiger partial charge in [0.15, 0.2) is 0 Å². The third-order valence-electron chi connectivity index (χ3n) is 5.67. The molecule has 1 aromatic carbocycles. The lowest BCUT2D eigenvalue weighted by Crippen LogP contribution is -2.47. The van der Waals surface area contributed by atoms with E-state index in [0.717, 1.165) is 25.2 Å². The molecular weight excluding hydrogens is 451 g/mol. The molecule has 0 bridgehead atoms. The van der Waals surface area contributed by atoms with Gasteiger partial charge in [0, 0.05) is 18.5 Å². The molecule has 1 saturated carbocycles. The molecule has 10 nitrogen and oxygen atoms in total. The number of phosphoric acid groups is 1. The summed E-state index contributed by atoms with van der Waals surface area (Å²) >= 11 is 0. The Morgan fingerprint density at radius 3 is 2.33 bits per heavy atom. The average Bonchev–Trinajstić information content (AvgIpc) is 2.76. The van der Waals surface area contributed by atoms with Crippen molar-refractivity contribution in [2.45, 2.75) is 70.3 Å². The number of aliphatic carboxylic acids is 1. The summed E-state index contributed by atoms with van der Waals surface area (Å²) in [5.41, 5.74) is 0.133. The molecule has 0 heterocycles. The Bertz CT molecular complexity index is 833. The van der Waals surface area contributed by atoms with E-state index in [1.807, 2.05) is 0 Å². The minimum atomic E-state index is -4.71. The fourth-order valence-corrected chi connectivity index (χ4v) is 4.35. The Labute approximate surface area is 193 Å². The summed E-state index contributed by atoms with van der Waals surface area (Å²) in [5.74, 6) is -1.47. The number of hydrogen-bond acceptors (Lipinski definition) is 5. The van der Waals surface area contributed by atoms with Crippen molar-refractivity contribution in [2.24, 2.45) is 5.92 Å². The van der Waals surface area contributed by atoms with Gasteiger partial charge < -0.3 is 20.3 Å². The van der Waals surface area contributed by atoms with Crippen LogP contribution in [-0.2, 0) is 14.2 Å². The van der Waals surface area contributed by atoms with Gasteiger partial charge in [-0.15, -0.1) is 0 Å². The monoisotopic (exact) mass is 484 g/mol. The van der Waals surface area contributed by atoms with Gasteiger partial charge >= 0.3 is 13.8 Å². The molecule has 1 fully saturated rings. The summed E-state index contributed by atoms with van der Waals surface area (Å²) in [7, 11) is -4.71. The molecule has 11 heteroatoms. The summed E-state index contributed by atoms with van der Waals surface area (Å²) in [4.78, 5) is 53.7. The number of carboxylic acids is 1. The van der Waals surface area contributed by atoms with Crippen LogP contribution in [0.1, 0.15) is 74.6 Å². The van der Waals surface area contributed by atoms with Gasteiger partial charge in [-0.05, 0) is 43.0 Å². The third kappa shape index (κ3) is 10.8. The fraction of sp³-hybridized carbons (Fsp3) is 0.591. The minimum Gasteiger partial charge on any atom is -0.481 e. The van der Waals surface area contributed by atoms with Gasteiger partial charge in [-0.1, -0.05) is 44.9 Å². The van der Waals surface area contributed by atoms with Crippen molar-refractivity contribution in [3.05, 3.63) is 29.8 Å². The highest BCUT2D eigenvalue weighted by atomic mass is 31.2. The largest absolute Gasteiger partial charge is 0.524 e. The van der Waals surface area contributed by atoms with Crippen LogP contribution in [0.25, 0.3) is 0 Å². The minimum absolute atomic E-state index is 0.0611. The van der Waals surface area contributed by atoms with Crippen molar-refractivity contribution in [3.63, 3.8) is 0 Å². The number of phosphoric ester groups is 1. The number of carbonyl (C=O) groups excluding carboxylic acids is 2. The molecule has 0 spiro atoms. The Morgan fingerprint density at radius 2 is 1.73 bits per heavy atom. The van der Waals surface area contributed by atoms with E-state index in [4.69, 9.17) is 14.9 Å². The summed E-state index contributed by atoms with van der Waals surface area (Å²) in [6.07, 6.45) is 9.12. The SMILES string of the molecule is O=C(O)CC[C@H](NC(=O)c1ccc(OP(=O)(O)O)cc1)C(=O)NCCCCC1CCCCC1. The highest BCUT2D eigenvalue weighted by molar-refractivity contribution is 7.46. The second-order valence-electron chi connectivity index (χ2n) is 8.36. The van der Waals surface area contributed by atoms with Crippen LogP contribution in [0.5, 0.6) is 5.75 Å². The summed E-state index contributed by atoms with van der Waals surface area (Å²) in [6, 6.07) is 3.99. The molecular formula is C22H33N2O8P. The van der Waals surface area contributed by atoms with Gasteiger partial charge in [0.25, 0.3) is 5.91 Å². The van der Waals surface area contributed by atoms with Gasteiger partial charge in [0.05, 0.1) is 0 Å². The van der Waals surface area contributed by atoms with Crippen molar-refractivity contribution >= 4 is 25.6 Å². The Kier molecular flexibility index (Phi) is 10.8. The zero-order chi connectivity index (χ0) is 24.3. The van der Waals surface area contributed by atoms with Crippen LogP contribution >= 0.6 is 7.82 Å². The molecule has 0 aromatic heterocycles. The normalized spacial score (nSPS) is 15.5. The first kappa shape index (κ1) is 26.8. The first-order valence-corrected chi connectivity index (χ1v) is 12.8. The molecule has 5 N–H and O–H groups in total. The lowest BCUT2D eigenvalue weighted by atomic mass is 9.86. The Morgan fingerprint density at radius 1 is 1.06 bits per heavy atom. The zero-order valence-electron chi connectivity index (χ0n) is 18.6. The maximum absolute atomic E-state index is 12.6. The molecule has 0 aliphatic heterocycles. The van der Waals surface area contributed by atoms with Crippen LogP contribution in [0.4, 0.5) is 0 Å². The average molecular weight is 484 g/mol. The van der Waals surface area contributed by atoms with E-state index in [0.29, 0.717) is 6.54 Å². The number of benzene rings is 1. The molecule has 184 valence electrons. The van der Waals surface area contributed by atoms with Crippen molar-refractivity contribution in [3.8, 4) is 5.75 Å². The van der Waals surface area contributed by atoms with E-state index < -0.39 is 31.6 Å². The third-order valence-corrected chi connectivity index (χ3v) is 6.12. The highest BCUT2D eigenvalue weighted by Gasteiger charge is 2.23. The maximum Gasteiger partial charge on any atom is 0.524 e. The quantitative estimate of drug-likeness (QED) is 0.211. The fourth-order valence-electron chi connectivity index (χ4n) is 3.95. The second-order valence-corrected chi connectivity index (χ2v) is 9.52. The highest BCUT2D eigenvalue weighted by Crippen LogP contribution is 2.37. The Balaban J connectivity index is 1.84. The van der Waals surface area contributed by atoms with Crippen LogP contribution in [-0.4, -0.2) is 45.3 Å². The standard InChI is InChI=1S/C22H33N2O8P/c25-20(26)14-13-19(22(28)23-15-5-4-8-16-6-2-1-3-7-16)24-21(27)17-9-11-18(12-10-17)32-33(29,30)31/h9-12,16,19H,1-8,13-15H2,(H,23,28)(H,24,27)(H,25,26)(H2,29,30,31)/t19-/m0/s1. The van der Waals surface area contributed by atoms with E-state index in [9.17, 15) is 18.9 Å². The van der Waals surface area contributed by atoms with E-state index in [1.54, 1.807) is 0 Å². The molecule has 0 radical (unpaired) electrons. The van der Waals surface area contributed by atoms with Crippen LogP contribution in [0, 0.1) is 5.92 Å². The van der Waals surface area contributed by atoms with Gasteiger partial charge in [-0.25, -0.2) is 4.57 Å². The molecule has 2 amide bonds. The number of nitrogens with one attached hydrogen (secondary N) is 2. The molecule has 1 atom stereocenters. The van der Waals surface area contributed by atoms with Crippen LogP contribution < -0.4 is 15.2 Å². The van der Waals surface area contributed by atoms with Gasteiger partial charge in [0.2, 0.25) is 5.91 Å². The van der Waals surface area contributed by atoms with E-state index in [2.05, 4.69) is 15.2 Å². The second kappa shape index (κ2) is 13.3. The van der Waals surface area contributed by atoms with Crippen molar-refractivity contribution < 1.29 is 38.4 Å².